The van der Waals surface area contributed by atoms with Crippen LogP contribution in [0.5, 0.6) is 0 Å². The molecule has 1 atom stereocenters. The predicted molar refractivity (Wildman–Crippen MR) is 48.1 cm³/mol. The van der Waals surface area contributed by atoms with E-state index in [2.05, 4.69) is 0 Å². The fourth-order valence-electron chi connectivity index (χ4n) is 1.07. The van der Waals surface area contributed by atoms with Crippen molar-refractivity contribution in [1.29, 1.82) is 0 Å². The lowest BCUT2D eigenvalue weighted by atomic mass is 10.1. The van der Waals surface area contributed by atoms with Gasteiger partial charge in [0.25, 0.3) is 0 Å². The first kappa shape index (κ1) is 11.9. The van der Waals surface area contributed by atoms with E-state index in [1.54, 1.807) is 7.11 Å². The van der Waals surface area contributed by atoms with Crippen molar-refractivity contribution >= 4 is 0 Å². The van der Waals surface area contributed by atoms with Crippen molar-refractivity contribution in [1.82, 2.24) is 0 Å². The zero-order valence-electron chi connectivity index (χ0n) is 7.83. The van der Waals surface area contributed by atoms with Crippen molar-refractivity contribution < 1.29 is 14.9 Å². The molecule has 0 saturated carbocycles. The van der Waals surface area contributed by atoms with Gasteiger partial charge in [0.15, 0.2) is 0 Å². The summed E-state index contributed by atoms with van der Waals surface area (Å²) in [6.07, 6.45) is 4.53. The molecule has 0 aromatic carbocycles. The highest BCUT2D eigenvalue weighted by Gasteiger charge is 2.00. The molecule has 0 aliphatic rings. The third-order valence-corrected chi connectivity index (χ3v) is 1.85. The first-order valence-electron chi connectivity index (χ1n) is 4.59. The van der Waals surface area contributed by atoms with Crippen molar-refractivity contribution in [2.45, 2.75) is 38.2 Å². The predicted octanol–water partition coefficient (Wildman–Crippen LogP) is 0.936. The molecule has 0 aliphatic heterocycles. The van der Waals surface area contributed by atoms with E-state index < -0.39 is 6.10 Å². The Morgan fingerprint density at radius 2 is 1.83 bits per heavy atom. The first-order chi connectivity index (χ1) is 5.81. The van der Waals surface area contributed by atoms with Gasteiger partial charge in [0.2, 0.25) is 0 Å². The van der Waals surface area contributed by atoms with Crippen LogP contribution in [0.25, 0.3) is 0 Å². The highest BCUT2D eigenvalue weighted by molar-refractivity contribution is 4.52. The third-order valence-electron chi connectivity index (χ3n) is 1.85. The van der Waals surface area contributed by atoms with Gasteiger partial charge in [-0.25, -0.2) is 0 Å². The second-order valence-corrected chi connectivity index (χ2v) is 3.03. The number of hydrogen-bond donors (Lipinski definition) is 2. The number of aliphatic hydroxyl groups excluding tert-OH is 2. The van der Waals surface area contributed by atoms with Crippen LogP contribution in [0.4, 0.5) is 0 Å². The fraction of sp³-hybridized carbons (Fsp3) is 1.00. The standard InChI is InChI=1S/C9H20O3/c1-12-7-5-3-2-4-6-9(11)8-10/h9-11H,2-8H2,1H3. The van der Waals surface area contributed by atoms with Crippen LogP contribution < -0.4 is 0 Å². The van der Waals surface area contributed by atoms with Gasteiger partial charge in [0.05, 0.1) is 12.7 Å². The molecule has 1 unspecified atom stereocenters. The number of unbranched alkanes of at least 4 members (excludes halogenated alkanes) is 3. The topological polar surface area (TPSA) is 49.7 Å². The van der Waals surface area contributed by atoms with E-state index in [0.717, 1.165) is 32.3 Å². The van der Waals surface area contributed by atoms with E-state index in [4.69, 9.17) is 14.9 Å². The second-order valence-electron chi connectivity index (χ2n) is 3.03. The summed E-state index contributed by atoms with van der Waals surface area (Å²) in [5, 5.41) is 17.5. The summed E-state index contributed by atoms with van der Waals surface area (Å²) in [7, 11) is 1.70. The Morgan fingerprint density at radius 3 is 2.42 bits per heavy atom. The van der Waals surface area contributed by atoms with Crippen molar-refractivity contribution in [3.8, 4) is 0 Å². The van der Waals surface area contributed by atoms with E-state index in [1.807, 2.05) is 0 Å². The monoisotopic (exact) mass is 176 g/mol. The molecule has 0 aliphatic carbocycles. The molecule has 0 aromatic rings. The van der Waals surface area contributed by atoms with E-state index in [9.17, 15) is 0 Å². The lowest BCUT2D eigenvalue weighted by Gasteiger charge is -2.05. The Bertz CT molecular complexity index is 85.8. The van der Waals surface area contributed by atoms with Gasteiger partial charge in [-0.1, -0.05) is 19.3 Å². The number of ether oxygens (including phenoxy) is 1. The van der Waals surface area contributed by atoms with Crippen LogP contribution >= 0.6 is 0 Å². The fourth-order valence-corrected chi connectivity index (χ4v) is 1.07. The van der Waals surface area contributed by atoms with Gasteiger partial charge in [-0.3, -0.25) is 0 Å². The van der Waals surface area contributed by atoms with Crippen LogP contribution in [0.1, 0.15) is 32.1 Å². The Morgan fingerprint density at radius 1 is 1.17 bits per heavy atom. The van der Waals surface area contributed by atoms with Crippen molar-refractivity contribution in [3.63, 3.8) is 0 Å². The lowest BCUT2D eigenvalue weighted by Crippen LogP contribution is -2.11. The molecule has 0 spiro atoms. The van der Waals surface area contributed by atoms with Crippen LogP contribution in [0.2, 0.25) is 0 Å². The molecule has 0 rings (SSSR count). The normalized spacial score (nSPS) is 13.2. The van der Waals surface area contributed by atoms with Crippen molar-refractivity contribution in [2.24, 2.45) is 0 Å². The maximum absolute atomic E-state index is 8.99. The van der Waals surface area contributed by atoms with Crippen LogP contribution in [-0.4, -0.2) is 36.6 Å². The van der Waals surface area contributed by atoms with E-state index in [0.29, 0.717) is 6.42 Å². The van der Waals surface area contributed by atoms with Gasteiger partial charge >= 0.3 is 0 Å². The van der Waals surface area contributed by atoms with Gasteiger partial charge in [-0.05, 0) is 12.8 Å². The summed E-state index contributed by atoms with van der Waals surface area (Å²) in [5.74, 6) is 0. The average molecular weight is 176 g/mol. The molecule has 12 heavy (non-hydrogen) atoms. The minimum Gasteiger partial charge on any atom is -0.394 e. The lowest BCUT2D eigenvalue weighted by molar-refractivity contribution is 0.0858. The molecule has 0 heterocycles. The molecule has 3 heteroatoms. The molecule has 0 aromatic heterocycles. The minimum absolute atomic E-state index is 0.113. The van der Waals surface area contributed by atoms with Crippen LogP contribution in [0.15, 0.2) is 0 Å². The summed E-state index contributed by atoms with van der Waals surface area (Å²) < 4.78 is 4.90. The van der Waals surface area contributed by atoms with Crippen LogP contribution in [0.3, 0.4) is 0 Å². The zero-order valence-corrected chi connectivity index (χ0v) is 7.83. The molecule has 74 valence electrons. The molecule has 0 saturated heterocycles. The Labute approximate surface area is 74.4 Å². The van der Waals surface area contributed by atoms with E-state index in [1.165, 1.54) is 0 Å². The second kappa shape index (κ2) is 8.97. The molecule has 0 bridgehead atoms. The Hall–Kier alpha value is -0.120. The van der Waals surface area contributed by atoms with Crippen molar-refractivity contribution in [2.75, 3.05) is 20.3 Å². The molecule has 0 fully saturated rings. The quantitative estimate of drug-likeness (QED) is 0.541. The van der Waals surface area contributed by atoms with Gasteiger partial charge < -0.3 is 14.9 Å². The zero-order chi connectivity index (χ0) is 9.23. The Kier molecular flexibility index (Phi) is 8.88. The minimum atomic E-state index is -0.521. The van der Waals surface area contributed by atoms with Gasteiger partial charge in [0.1, 0.15) is 0 Å². The molecule has 0 amide bonds. The molecular weight excluding hydrogens is 156 g/mol. The molecule has 2 N–H and O–H groups in total. The summed E-state index contributed by atoms with van der Waals surface area (Å²) in [6, 6.07) is 0. The third kappa shape index (κ3) is 7.98. The first-order valence-corrected chi connectivity index (χ1v) is 4.59. The molecule has 0 radical (unpaired) electrons. The van der Waals surface area contributed by atoms with E-state index in [-0.39, 0.29) is 6.61 Å². The number of rotatable bonds is 8. The average Bonchev–Trinajstić information content (AvgIpc) is 2.10. The number of methoxy groups -OCH3 is 1. The van der Waals surface area contributed by atoms with Crippen LogP contribution in [-0.2, 0) is 4.74 Å². The van der Waals surface area contributed by atoms with Crippen molar-refractivity contribution in [3.05, 3.63) is 0 Å². The largest absolute Gasteiger partial charge is 0.394 e. The summed E-state index contributed by atoms with van der Waals surface area (Å²) >= 11 is 0. The molecular formula is C9H20O3. The van der Waals surface area contributed by atoms with Crippen LogP contribution in [0, 0.1) is 0 Å². The number of aliphatic hydroxyl groups is 2. The summed E-state index contributed by atoms with van der Waals surface area (Å²) in [4.78, 5) is 0. The summed E-state index contributed by atoms with van der Waals surface area (Å²) in [6.45, 7) is 0.709. The van der Waals surface area contributed by atoms with Gasteiger partial charge in [0, 0.05) is 13.7 Å². The summed E-state index contributed by atoms with van der Waals surface area (Å²) in [5.41, 5.74) is 0. The number of hydrogen-bond acceptors (Lipinski definition) is 3. The van der Waals surface area contributed by atoms with Gasteiger partial charge in [-0.2, -0.15) is 0 Å². The molecule has 3 nitrogen and oxygen atoms in total. The smallest absolute Gasteiger partial charge is 0.0770 e. The van der Waals surface area contributed by atoms with E-state index >= 15 is 0 Å². The van der Waals surface area contributed by atoms with Gasteiger partial charge in [-0.15, -0.1) is 0 Å². The highest BCUT2D eigenvalue weighted by atomic mass is 16.5. The highest BCUT2D eigenvalue weighted by Crippen LogP contribution is 2.05. The SMILES string of the molecule is COCCCCCCC(O)CO. The maximum atomic E-state index is 8.99. The Balaban J connectivity index is 2.90. The maximum Gasteiger partial charge on any atom is 0.0770 e.